The first-order valence-corrected chi connectivity index (χ1v) is 8.04. The second-order valence-corrected chi connectivity index (χ2v) is 6.13. The van der Waals surface area contributed by atoms with Crippen LogP contribution in [0.25, 0.3) is 11.0 Å². The largest absolute Gasteiger partial charge is 0.457 e. The molecule has 0 atom stereocenters. The number of esters is 1. The molecule has 3 rings (SSSR count). The molecule has 0 unspecified atom stereocenters. The Balaban J connectivity index is 1.88. The van der Waals surface area contributed by atoms with E-state index in [1.807, 2.05) is 13.0 Å². The lowest BCUT2D eigenvalue weighted by Crippen LogP contribution is -2.10. The first kappa shape index (κ1) is 18.7. The molecule has 0 amide bonds. The zero-order chi connectivity index (χ0) is 19.8. The summed E-state index contributed by atoms with van der Waals surface area (Å²) < 4.78 is 48.7. The molecule has 0 N–H and O–H groups in total. The molecule has 7 heteroatoms. The maximum absolute atomic E-state index is 12.8. The van der Waals surface area contributed by atoms with Gasteiger partial charge < -0.3 is 9.15 Å². The molecule has 0 aliphatic carbocycles. The average Bonchev–Trinajstić information content (AvgIpc) is 2.62. The van der Waals surface area contributed by atoms with Gasteiger partial charge in [0.1, 0.15) is 12.2 Å². The lowest BCUT2D eigenvalue weighted by molar-refractivity contribution is -0.137. The van der Waals surface area contributed by atoms with Gasteiger partial charge in [0.2, 0.25) is 0 Å². The van der Waals surface area contributed by atoms with Gasteiger partial charge in [-0.2, -0.15) is 13.2 Å². The summed E-state index contributed by atoms with van der Waals surface area (Å²) in [5.41, 5.74) is 0.788. The smallest absolute Gasteiger partial charge is 0.416 e. The number of alkyl halides is 3. The van der Waals surface area contributed by atoms with Gasteiger partial charge in [0, 0.05) is 17.0 Å². The molecule has 27 heavy (non-hydrogen) atoms. The van der Waals surface area contributed by atoms with E-state index in [-0.39, 0.29) is 12.2 Å². The third kappa shape index (κ3) is 3.86. The van der Waals surface area contributed by atoms with E-state index in [4.69, 9.17) is 9.15 Å². The number of halogens is 3. The van der Waals surface area contributed by atoms with E-state index in [1.165, 1.54) is 12.1 Å². The predicted octanol–water partition coefficient (Wildman–Crippen LogP) is 4.79. The third-order valence-electron chi connectivity index (χ3n) is 4.30. The van der Waals surface area contributed by atoms with Crippen LogP contribution in [-0.2, 0) is 17.5 Å². The van der Waals surface area contributed by atoms with Crippen LogP contribution in [0.1, 0.15) is 32.6 Å². The highest BCUT2D eigenvalue weighted by atomic mass is 19.4. The number of carbonyl (C=O) groups excluding carboxylic acids is 1. The van der Waals surface area contributed by atoms with Crippen molar-refractivity contribution in [1.29, 1.82) is 0 Å². The van der Waals surface area contributed by atoms with Crippen LogP contribution >= 0.6 is 0 Å². The van der Waals surface area contributed by atoms with E-state index < -0.39 is 23.3 Å². The van der Waals surface area contributed by atoms with E-state index >= 15 is 0 Å². The minimum absolute atomic E-state index is 0.218. The summed E-state index contributed by atoms with van der Waals surface area (Å²) in [6.45, 7) is 3.41. The zero-order valence-corrected chi connectivity index (χ0v) is 14.5. The van der Waals surface area contributed by atoms with Gasteiger partial charge in [-0.3, -0.25) is 0 Å². The number of carbonyl (C=O) groups is 1. The number of benzene rings is 2. The number of rotatable bonds is 3. The summed E-state index contributed by atoms with van der Waals surface area (Å²) in [4.78, 5) is 24.0. The fourth-order valence-corrected chi connectivity index (χ4v) is 2.69. The summed E-state index contributed by atoms with van der Waals surface area (Å²) in [5, 5.41) is 0.606. The van der Waals surface area contributed by atoms with Crippen LogP contribution in [0.4, 0.5) is 13.2 Å². The van der Waals surface area contributed by atoms with Crippen LogP contribution in [0.2, 0.25) is 0 Å². The van der Waals surface area contributed by atoms with Crippen LogP contribution in [0, 0.1) is 13.8 Å². The number of hydrogen-bond donors (Lipinski definition) is 0. The topological polar surface area (TPSA) is 56.5 Å². The standard InChI is InChI=1S/C20H15F3O4/c1-11-6-7-16-14(9-17(24)27-18(16)12(11)2)10-26-19(25)13-4-3-5-15(8-13)20(21,22)23/h3-9H,10H2,1-2H3. The molecule has 1 aromatic heterocycles. The molecule has 0 aliphatic rings. The van der Waals surface area contributed by atoms with Crippen molar-refractivity contribution >= 4 is 16.9 Å². The van der Waals surface area contributed by atoms with E-state index in [0.29, 0.717) is 16.5 Å². The Morgan fingerprint density at radius 3 is 2.56 bits per heavy atom. The molecule has 0 spiro atoms. The summed E-state index contributed by atoms with van der Waals surface area (Å²) >= 11 is 0. The van der Waals surface area contributed by atoms with Gasteiger partial charge in [-0.25, -0.2) is 9.59 Å². The number of ether oxygens (including phenoxy) is 1. The predicted molar refractivity (Wildman–Crippen MR) is 92.5 cm³/mol. The van der Waals surface area contributed by atoms with Crippen LogP contribution in [-0.4, -0.2) is 5.97 Å². The molecule has 4 nitrogen and oxygen atoms in total. The molecule has 140 valence electrons. The Labute approximate surface area is 152 Å². The van der Waals surface area contributed by atoms with Crippen molar-refractivity contribution in [2.24, 2.45) is 0 Å². The van der Waals surface area contributed by atoms with Crippen molar-refractivity contribution in [3.8, 4) is 0 Å². The molecule has 0 saturated heterocycles. The Morgan fingerprint density at radius 2 is 1.85 bits per heavy atom. The lowest BCUT2D eigenvalue weighted by Gasteiger charge is -2.11. The maximum atomic E-state index is 12.8. The van der Waals surface area contributed by atoms with Gasteiger partial charge in [-0.1, -0.05) is 18.2 Å². The summed E-state index contributed by atoms with van der Waals surface area (Å²) in [5.74, 6) is -0.911. The SMILES string of the molecule is Cc1ccc2c(COC(=O)c3cccc(C(F)(F)F)c3)cc(=O)oc2c1C. The van der Waals surface area contributed by atoms with E-state index in [1.54, 1.807) is 13.0 Å². The normalized spacial score (nSPS) is 11.6. The minimum Gasteiger partial charge on any atom is -0.457 e. The fourth-order valence-electron chi connectivity index (χ4n) is 2.69. The Bertz CT molecular complexity index is 1080. The fraction of sp³-hybridized carbons (Fsp3) is 0.200. The Morgan fingerprint density at radius 1 is 1.11 bits per heavy atom. The molecule has 3 aromatic rings. The summed E-state index contributed by atoms with van der Waals surface area (Å²) in [6.07, 6.45) is -4.56. The maximum Gasteiger partial charge on any atom is 0.416 e. The molecule has 0 radical (unpaired) electrons. The van der Waals surface area contributed by atoms with Gasteiger partial charge in [0.05, 0.1) is 11.1 Å². The molecule has 0 fully saturated rings. The monoisotopic (exact) mass is 376 g/mol. The molecule has 1 heterocycles. The molecule has 2 aromatic carbocycles. The second kappa shape index (κ2) is 6.90. The number of hydrogen-bond acceptors (Lipinski definition) is 4. The molecule has 0 saturated carbocycles. The summed E-state index contributed by atoms with van der Waals surface area (Å²) in [6, 6.07) is 8.77. The first-order chi connectivity index (χ1) is 12.7. The third-order valence-corrected chi connectivity index (χ3v) is 4.30. The molecule has 0 bridgehead atoms. The number of aryl methyl sites for hydroxylation is 2. The minimum atomic E-state index is -4.56. The van der Waals surface area contributed by atoms with Gasteiger partial charge in [-0.15, -0.1) is 0 Å². The van der Waals surface area contributed by atoms with Crippen molar-refractivity contribution < 1.29 is 27.1 Å². The molecular weight excluding hydrogens is 361 g/mol. The second-order valence-electron chi connectivity index (χ2n) is 6.13. The quantitative estimate of drug-likeness (QED) is 0.487. The van der Waals surface area contributed by atoms with Gasteiger partial charge in [0.15, 0.2) is 0 Å². The Kier molecular flexibility index (Phi) is 4.78. The van der Waals surface area contributed by atoms with Crippen molar-refractivity contribution in [3.05, 3.63) is 80.7 Å². The number of fused-ring (bicyclic) bond motifs is 1. The highest BCUT2D eigenvalue weighted by Crippen LogP contribution is 2.30. The Hall–Kier alpha value is -3.09. The van der Waals surface area contributed by atoms with Gasteiger partial charge in [-0.05, 0) is 43.2 Å². The zero-order valence-electron chi connectivity index (χ0n) is 14.5. The van der Waals surface area contributed by atoms with Gasteiger partial charge >= 0.3 is 17.8 Å². The van der Waals surface area contributed by atoms with Crippen LogP contribution < -0.4 is 5.63 Å². The van der Waals surface area contributed by atoms with Crippen LogP contribution in [0.5, 0.6) is 0 Å². The van der Waals surface area contributed by atoms with Gasteiger partial charge in [0.25, 0.3) is 0 Å². The highest BCUT2D eigenvalue weighted by molar-refractivity contribution is 5.90. The highest BCUT2D eigenvalue weighted by Gasteiger charge is 2.31. The van der Waals surface area contributed by atoms with Crippen LogP contribution in [0.3, 0.4) is 0 Å². The molecular formula is C20H15F3O4. The van der Waals surface area contributed by atoms with E-state index in [9.17, 15) is 22.8 Å². The summed E-state index contributed by atoms with van der Waals surface area (Å²) in [7, 11) is 0. The van der Waals surface area contributed by atoms with Crippen molar-refractivity contribution in [3.63, 3.8) is 0 Å². The van der Waals surface area contributed by atoms with E-state index in [2.05, 4.69) is 0 Å². The van der Waals surface area contributed by atoms with E-state index in [0.717, 1.165) is 29.3 Å². The van der Waals surface area contributed by atoms with Crippen molar-refractivity contribution in [2.75, 3.05) is 0 Å². The first-order valence-electron chi connectivity index (χ1n) is 8.04. The molecule has 0 aliphatic heterocycles. The van der Waals surface area contributed by atoms with Crippen molar-refractivity contribution in [2.45, 2.75) is 26.6 Å². The average molecular weight is 376 g/mol. The lowest BCUT2D eigenvalue weighted by atomic mass is 10.0. The van der Waals surface area contributed by atoms with Crippen molar-refractivity contribution in [1.82, 2.24) is 0 Å². The van der Waals surface area contributed by atoms with Crippen LogP contribution in [0.15, 0.2) is 51.7 Å².